The Balaban J connectivity index is 1.73. The van der Waals surface area contributed by atoms with E-state index in [0.29, 0.717) is 17.9 Å². The van der Waals surface area contributed by atoms with Gasteiger partial charge in [-0.2, -0.15) is 0 Å². The summed E-state index contributed by atoms with van der Waals surface area (Å²) in [4.78, 5) is 12.1. The lowest BCUT2D eigenvalue weighted by Gasteiger charge is -2.25. The van der Waals surface area contributed by atoms with Crippen molar-refractivity contribution >= 4 is 5.91 Å². The standard InChI is InChI=1S/C15H28N2O/c1-11-6-5-9-14(11)17-15(18)13(16)10-12-7-3-2-4-8-12/h11-14H,2-10,16H2,1H3,(H,17,18). The van der Waals surface area contributed by atoms with Crippen LogP contribution in [0.1, 0.15) is 64.7 Å². The second-order valence-corrected chi connectivity index (χ2v) is 6.37. The second-order valence-electron chi connectivity index (χ2n) is 6.37. The topological polar surface area (TPSA) is 55.1 Å². The molecule has 0 bridgehead atoms. The van der Waals surface area contributed by atoms with Gasteiger partial charge in [0.25, 0.3) is 0 Å². The van der Waals surface area contributed by atoms with Gasteiger partial charge in [-0.25, -0.2) is 0 Å². The van der Waals surface area contributed by atoms with Gasteiger partial charge < -0.3 is 11.1 Å². The summed E-state index contributed by atoms with van der Waals surface area (Å²) in [6.45, 7) is 2.23. The molecule has 3 heteroatoms. The van der Waals surface area contributed by atoms with Crippen LogP contribution in [0, 0.1) is 11.8 Å². The average Bonchev–Trinajstić information content (AvgIpc) is 2.76. The SMILES string of the molecule is CC1CCCC1NC(=O)C(N)CC1CCCCC1. The van der Waals surface area contributed by atoms with Crippen molar-refractivity contribution in [2.75, 3.05) is 0 Å². The Kier molecular flexibility index (Phi) is 5.04. The molecule has 0 heterocycles. The molecule has 2 rings (SSSR count). The van der Waals surface area contributed by atoms with Crippen LogP contribution >= 0.6 is 0 Å². The molecule has 0 aromatic heterocycles. The molecular formula is C15H28N2O. The zero-order valence-corrected chi connectivity index (χ0v) is 11.7. The number of hydrogen-bond acceptors (Lipinski definition) is 2. The molecular weight excluding hydrogens is 224 g/mol. The summed E-state index contributed by atoms with van der Waals surface area (Å²) < 4.78 is 0. The van der Waals surface area contributed by atoms with Crippen LogP contribution in [0.4, 0.5) is 0 Å². The van der Waals surface area contributed by atoms with Crippen molar-refractivity contribution in [3.63, 3.8) is 0 Å². The van der Waals surface area contributed by atoms with E-state index in [0.717, 1.165) is 12.8 Å². The fourth-order valence-electron chi connectivity index (χ4n) is 3.54. The molecule has 0 aliphatic heterocycles. The maximum absolute atomic E-state index is 12.1. The minimum absolute atomic E-state index is 0.0827. The maximum Gasteiger partial charge on any atom is 0.237 e. The van der Waals surface area contributed by atoms with Crippen molar-refractivity contribution < 1.29 is 4.79 Å². The van der Waals surface area contributed by atoms with Gasteiger partial charge in [0, 0.05) is 6.04 Å². The first-order valence-corrected chi connectivity index (χ1v) is 7.72. The third kappa shape index (κ3) is 3.71. The molecule has 0 aromatic carbocycles. The largest absolute Gasteiger partial charge is 0.352 e. The van der Waals surface area contributed by atoms with E-state index in [2.05, 4.69) is 12.2 Å². The van der Waals surface area contributed by atoms with Gasteiger partial charge in [0.1, 0.15) is 0 Å². The second kappa shape index (κ2) is 6.55. The van der Waals surface area contributed by atoms with Crippen LogP contribution in [0.2, 0.25) is 0 Å². The first-order valence-electron chi connectivity index (χ1n) is 7.72. The van der Waals surface area contributed by atoms with Crippen LogP contribution < -0.4 is 11.1 Å². The van der Waals surface area contributed by atoms with Gasteiger partial charge in [-0.15, -0.1) is 0 Å². The Morgan fingerprint density at radius 1 is 1.17 bits per heavy atom. The van der Waals surface area contributed by atoms with E-state index in [-0.39, 0.29) is 11.9 Å². The molecule has 3 atom stereocenters. The quantitative estimate of drug-likeness (QED) is 0.808. The van der Waals surface area contributed by atoms with Crippen molar-refractivity contribution in [2.24, 2.45) is 17.6 Å². The molecule has 0 aromatic rings. The van der Waals surface area contributed by atoms with E-state index in [1.807, 2.05) is 0 Å². The third-order valence-corrected chi connectivity index (χ3v) is 4.84. The Labute approximate surface area is 111 Å². The number of carbonyl (C=O) groups is 1. The molecule has 2 fully saturated rings. The van der Waals surface area contributed by atoms with Crippen molar-refractivity contribution in [1.82, 2.24) is 5.32 Å². The van der Waals surface area contributed by atoms with E-state index in [1.54, 1.807) is 0 Å². The zero-order valence-electron chi connectivity index (χ0n) is 11.7. The van der Waals surface area contributed by atoms with Gasteiger partial charge >= 0.3 is 0 Å². The highest BCUT2D eigenvalue weighted by Gasteiger charge is 2.27. The van der Waals surface area contributed by atoms with Crippen molar-refractivity contribution in [3.8, 4) is 0 Å². The summed E-state index contributed by atoms with van der Waals surface area (Å²) in [6.07, 6.45) is 11.0. The van der Waals surface area contributed by atoms with Crippen LogP contribution in [0.5, 0.6) is 0 Å². The molecule has 2 saturated carbocycles. The Morgan fingerprint density at radius 2 is 1.89 bits per heavy atom. The monoisotopic (exact) mass is 252 g/mol. The number of hydrogen-bond donors (Lipinski definition) is 2. The highest BCUT2D eigenvalue weighted by molar-refractivity contribution is 5.81. The van der Waals surface area contributed by atoms with Crippen LogP contribution in [-0.4, -0.2) is 18.0 Å². The number of carbonyl (C=O) groups excluding carboxylic acids is 1. The van der Waals surface area contributed by atoms with E-state index in [1.165, 1.54) is 44.9 Å². The summed E-state index contributed by atoms with van der Waals surface area (Å²) in [5.74, 6) is 1.38. The van der Waals surface area contributed by atoms with Gasteiger partial charge in [0.15, 0.2) is 0 Å². The minimum atomic E-state index is -0.291. The molecule has 2 aliphatic carbocycles. The van der Waals surface area contributed by atoms with Crippen LogP contribution in [0.3, 0.4) is 0 Å². The van der Waals surface area contributed by atoms with Crippen LogP contribution in [0.25, 0.3) is 0 Å². The number of amides is 1. The van der Waals surface area contributed by atoms with Crippen molar-refractivity contribution in [3.05, 3.63) is 0 Å². The Bertz CT molecular complexity index is 274. The predicted molar refractivity (Wildman–Crippen MR) is 74.1 cm³/mol. The molecule has 104 valence electrons. The molecule has 1 amide bonds. The minimum Gasteiger partial charge on any atom is -0.352 e. The maximum atomic E-state index is 12.1. The highest BCUT2D eigenvalue weighted by atomic mass is 16.2. The molecule has 3 N–H and O–H groups in total. The third-order valence-electron chi connectivity index (χ3n) is 4.84. The zero-order chi connectivity index (χ0) is 13.0. The van der Waals surface area contributed by atoms with E-state index in [9.17, 15) is 4.79 Å². The van der Waals surface area contributed by atoms with Gasteiger partial charge in [-0.05, 0) is 31.1 Å². The summed E-state index contributed by atoms with van der Waals surface area (Å²) >= 11 is 0. The predicted octanol–water partition coefficient (Wildman–Crippen LogP) is 2.59. The molecule has 3 nitrogen and oxygen atoms in total. The van der Waals surface area contributed by atoms with E-state index >= 15 is 0 Å². The summed E-state index contributed by atoms with van der Waals surface area (Å²) in [7, 11) is 0. The lowest BCUT2D eigenvalue weighted by atomic mass is 9.85. The first-order chi connectivity index (χ1) is 8.66. The molecule has 3 unspecified atom stereocenters. The van der Waals surface area contributed by atoms with Gasteiger partial charge in [0.2, 0.25) is 5.91 Å². The summed E-state index contributed by atoms with van der Waals surface area (Å²) in [6, 6.07) is 0.0794. The van der Waals surface area contributed by atoms with Gasteiger partial charge in [-0.3, -0.25) is 4.79 Å². The Hall–Kier alpha value is -0.570. The van der Waals surface area contributed by atoms with E-state index < -0.39 is 0 Å². The fraction of sp³-hybridized carbons (Fsp3) is 0.933. The van der Waals surface area contributed by atoms with Crippen molar-refractivity contribution in [2.45, 2.75) is 76.8 Å². The van der Waals surface area contributed by atoms with Crippen LogP contribution in [0.15, 0.2) is 0 Å². The fourth-order valence-corrected chi connectivity index (χ4v) is 3.54. The van der Waals surface area contributed by atoms with Gasteiger partial charge in [-0.1, -0.05) is 45.4 Å². The molecule has 18 heavy (non-hydrogen) atoms. The molecule has 0 radical (unpaired) electrons. The summed E-state index contributed by atoms with van der Waals surface area (Å²) in [5, 5.41) is 3.15. The lowest BCUT2D eigenvalue weighted by Crippen LogP contribution is -2.47. The summed E-state index contributed by atoms with van der Waals surface area (Å²) in [5.41, 5.74) is 6.06. The number of rotatable bonds is 4. The molecule has 0 spiro atoms. The normalized spacial score (nSPS) is 31.2. The molecule has 2 aliphatic rings. The number of nitrogens with one attached hydrogen (secondary N) is 1. The highest BCUT2D eigenvalue weighted by Crippen LogP contribution is 2.28. The first kappa shape index (κ1) is 13.9. The van der Waals surface area contributed by atoms with Crippen molar-refractivity contribution in [1.29, 1.82) is 0 Å². The lowest BCUT2D eigenvalue weighted by molar-refractivity contribution is -0.123. The van der Waals surface area contributed by atoms with Gasteiger partial charge in [0.05, 0.1) is 6.04 Å². The van der Waals surface area contributed by atoms with E-state index in [4.69, 9.17) is 5.73 Å². The number of nitrogens with two attached hydrogens (primary N) is 1. The Morgan fingerprint density at radius 3 is 2.50 bits per heavy atom. The molecule has 0 saturated heterocycles. The average molecular weight is 252 g/mol. The smallest absolute Gasteiger partial charge is 0.237 e. The van der Waals surface area contributed by atoms with Crippen LogP contribution in [-0.2, 0) is 4.79 Å².